The first kappa shape index (κ1) is 19.3. The molecule has 7 heteroatoms. The molecule has 0 N–H and O–H groups in total. The molecule has 0 aliphatic rings. The summed E-state index contributed by atoms with van der Waals surface area (Å²) >= 11 is 1.20. The lowest BCUT2D eigenvalue weighted by molar-refractivity contribution is 0.596. The summed E-state index contributed by atoms with van der Waals surface area (Å²) in [5.41, 5.74) is 3.92. The molecular weight excluding hydrogens is 402 g/mol. The van der Waals surface area contributed by atoms with Crippen LogP contribution in [0.4, 0.5) is 0 Å². The Morgan fingerprint density at radius 3 is 2.03 bits per heavy atom. The van der Waals surface area contributed by atoms with Crippen molar-refractivity contribution in [3.05, 3.63) is 94.8 Å². The van der Waals surface area contributed by atoms with Crippen molar-refractivity contribution in [2.24, 2.45) is 4.40 Å². The Morgan fingerprint density at radius 1 is 0.828 bits per heavy atom. The van der Waals surface area contributed by atoms with E-state index in [0.29, 0.717) is 5.82 Å². The van der Waals surface area contributed by atoms with Gasteiger partial charge >= 0.3 is 0 Å². The second-order valence-electron chi connectivity index (χ2n) is 6.68. The lowest BCUT2D eigenvalue weighted by Crippen LogP contribution is -2.06. The van der Waals surface area contributed by atoms with Crippen LogP contribution < -0.4 is 4.80 Å². The highest BCUT2D eigenvalue weighted by atomic mass is 32.2. The van der Waals surface area contributed by atoms with E-state index >= 15 is 0 Å². The van der Waals surface area contributed by atoms with Crippen LogP contribution in [-0.4, -0.2) is 17.4 Å². The third-order valence-electron chi connectivity index (χ3n) is 4.38. The van der Waals surface area contributed by atoms with E-state index in [0.717, 1.165) is 22.4 Å². The number of aryl methyl sites for hydroxylation is 2. The number of rotatable bonds is 4. The molecule has 1 aromatic heterocycles. The molecule has 146 valence electrons. The van der Waals surface area contributed by atoms with Gasteiger partial charge in [-0.25, -0.2) is 3.96 Å². The average Bonchev–Trinajstić information content (AvgIpc) is 3.12. The molecule has 0 aliphatic carbocycles. The fourth-order valence-corrected chi connectivity index (χ4v) is 4.82. The zero-order chi connectivity index (χ0) is 20.4. The predicted molar refractivity (Wildman–Crippen MR) is 116 cm³/mol. The molecule has 0 aliphatic heterocycles. The summed E-state index contributed by atoms with van der Waals surface area (Å²) in [5, 5.41) is 0. The number of benzene rings is 3. The lowest BCUT2D eigenvalue weighted by Gasteiger charge is -2.06. The minimum Gasteiger partial charge on any atom is -0.246 e. The van der Waals surface area contributed by atoms with E-state index in [2.05, 4.69) is 9.38 Å². The second-order valence-corrected chi connectivity index (χ2v) is 9.20. The minimum atomic E-state index is -3.85. The summed E-state index contributed by atoms with van der Waals surface area (Å²) in [5.74, 6) is 0.650. The Labute approximate surface area is 173 Å². The van der Waals surface area contributed by atoms with Crippen molar-refractivity contribution in [3.63, 3.8) is 0 Å². The second kappa shape index (κ2) is 7.77. The van der Waals surface area contributed by atoms with Gasteiger partial charge in [0.2, 0.25) is 4.80 Å². The SMILES string of the molecule is Cc1ccc(-n2s/c(=N/S(=O)(=O)c3ccc(C)cc3)nc2-c2ccccc2)cc1. The molecule has 0 spiro atoms. The molecule has 0 atom stereocenters. The number of hydrogen-bond acceptors (Lipinski definition) is 4. The van der Waals surface area contributed by atoms with Crippen molar-refractivity contribution in [2.45, 2.75) is 18.7 Å². The Hall–Kier alpha value is -3.03. The van der Waals surface area contributed by atoms with Crippen LogP contribution in [0.15, 0.2) is 88.2 Å². The maximum Gasteiger partial charge on any atom is 0.285 e. The Bertz CT molecular complexity index is 1300. The smallest absolute Gasteiger partial charge is 0.246 e. The van der Waals surface area contributed by atoms with Crippen LogP contribution >= 0.6 is 11.5 Å². The van der Waals surface area contributed by atoms with Gasteiger partial charge in [0.1, 0.15) is 0 Å². The fraction of sp³-hybridized carbons (Fsp3) is 0.0909. The number of hydrogen-bond donors (Lipinski definition) is 0. The minimum absolute atomic E-state index is 0.154. The molecule has 3 aromatic carbocycles. The van der Waals surface area contributed by atoms with Crippen LogP contribution in [0, 0.1) is 13.8 Å². The Kier molecular flexibility index (Phi) is 5.17. The summed E-state index contributed by atoms with van der Waals surface area (Å²) in [7, 11) is -3.85. The highest BCUT2D eigenvalue weighted by Gasteiger charge is 2.15. The van der Waals surface area contributed by atoms with Gasteiger partial charge in [0, 0.05) is 5.56 Å². The van der Waals surface area contributed by atoms with Crippen molar-refractivity contribution < 1.29 is 8.42 Å². The van der Waals surface area contributed by atoms with Crippen molar-refractivity contribution in [1.29, 1.82) is 0 Å². The van der Waals surface area contributed by atoms with Crippen molar-refractivity contribution in [1.82, 2.24) is 8.94 Å². The topological polar surface area (TPSA) is 64.3 Å². The van der Waals surface area contributed by atoms with Gasteiger partial charge in [-0.1, -0.05) is 65.7 Å². The largest absolute Gasteiger partial charge is 0.285 e. The van der Waals surface area contributed by atoms with Crippen LogP contribution in [0.5, 0.6) is 0 Å². The molecule has 1 heterocycles. The fourth-order valence-electron chi connectivity index (χ4n) is 2.81. The van der Waals surface area contributed by atoms with E-state index in [1.165, 1.54) is 11.5 Å². The van der Waals surface area contributed by atoms with Gasteiger partial charge in [-0.15, -0.1) is 4.40 Å². The van der Waals surface area contributed by atoms with E-state index in [-0.39, 0.29) is 9.70 Å². The Balaban J connectivity index is 1.88. The van der Waals surface area contributed by atoms with Gasteiger partial charge in [0.25, 0.3) is 10.0 Å². The molecule has 0 saturated heterocycles. The van der Waals surface area contributed by atoms with E-state index in [9.17, 15) is 8.42 Å². The molecule has 0 amide bonds. The highest BCUT2D eigenvalue weighted by molar-refractivity contribution is 7.90. The standard InChI is InChI=1S/C22H19N3O2S2/c1-16-8-12-19(13-9-16)25-21(18-6-4-3-5-7-18)23-22(28-25)24-29(26,27)20-14-10-17(2)11-15-20/h3-15H,1-2H3/b24-22+. The van der Waals surface area contributed by atoms with E-state index in [1.54, 1.807) is 24.3 Å². The van der Waals surface area contributed by atoms with E-state index < -0.39 is 10.0 Å². The summed E-state index contributed by atoms with van der Waals surface area (Å²) < 4.78 is 31.4. The van der Waals surface area contributed by atoms with Gasteiger partial charge in [-0.2, -0.15) is 13.4 Å². The summed E-state index contributed by atoms with van der Waals surface area (Å²) in [6.07, 6.45) is 0. The van der Waals surface area contributed by atoms with Crippen molar-refractivity contribution in [2.75, 3.05) is 0 Å². The first-order valence-electron chi connectivity index (χ1n) is 9.03. The molecular formula is C22H19N3O2S2. The third kappa shape index (κ3) is 4.21. The zero-order valence-electron chi connectivity index (χ0n) is 16.0. The number of sulfonamides is 1. The van der Waals surface area contributed by atoms with Crippen molar-refractivity contribution in [3.8, 4) is 17.1 Å². The van der Waals surface area contributed by atoms with Crippen molar-refractivity contribution >= 4 is 21.6 Å². The van der Waals surface area contributed by atoms with Gasteiger partial charge in [0.15, 0.2) is 5.82 Å². The quantitative estimate of drug-likeness (QED) is 0.487. The summed E-state index contributed by atoms with van der Waals surface area (Å²) in [6.45, 7) is 3.93. The van der Waals surface area contributed by atoms with Gasteiger partial charge in [-0.05, 0) is 49.6 Å². The molecule has 0 fully saturated rings. The van der Waals surface area contributed by atoms with Gasteiger partial charge in [0.05, 0.1) is 10.6 Å². The van der Waals surface area contributed by atoms with Crippen LogP contribution in [0.1, 0.15) is 11.1 Å². The zero-order valence-corrected chi connectivity index (χ0v) is 17.6. The van der Waals surface area contributed by atoms with Crippen LogP contribution in [0.25, 0.3) is 17.1 Å². The monoisotopic (exact) mass is 421 g/mol. The van der Waals surface area contributed by atoms with Crippen LogP contribution in [0.3, 0.4) is 0 Å². The van der Waals surface area contributed by atoms with Gasteiger partial charge in [-0.3, -0.25) is 0 Å². The van der Waals surface area contributed by atoms with E-state index in [1.807, 2.05) is 72.4 Å². The highest BCUT2D eigenvalue weighted by Crippen LogP contribution is 2.23. The molecule has 5 nitrogen and oxygen atoms in total. The normalized spacial score (nSPS) is 12.3. The molecule has 0 saturated carbocycles. The maximum absolute atomic E-state index is 12.7. The average molecular weight is 422 g/mol. The summed E-state index contributed by atoms with van der Waals surface area (Å²) in [6, 6.07) is 24.3. The van der Waals surface area contributed by atoms with E-state index in [4.69, 9.17) is 0 Å². The molecule has 0 radical (unpaired) electrons. The third-order valence-corrected chi connectivity index (χ3v) is 6.69. The molecule has 4 rings (SSSR count). The van der Waals surface area contributed by atoms with Crippen LogP contribution in [-0.2, 0) is 10.0 Å². The molecule has 0 unspecified atom stereocenters. The first-order valence-corrected chi connectivity index (χ1v) is 11.2. The van der Waals surface area contributed by atoms with Crippen LogP contribution in [0.2, 0.25) is 0 Å². The van der Waals surface area contributed by atoms with Gasteiger partial charge < -0.3 is 0 Å². The molecule has 4 aromatic rings. The molecule has 29 heavy (non-hydrogen) atoms. The maximum atomic E-state index is 12.7. The first-order chi connectivity index (χ1) is 13.9. The summed E-state index contributed by atoms with van der Waals surface area (Å²) in [4.78, 5) is 4.88. The lowest BCUT2D eigenvalue weighted by atomic mass is 10.2. The number of nitrogens with zero attached hydrogens (tertiary/aromatic N) is 3. The Morgan fingerprint density at radius 2 is 1.41 bits per heavy atom. The predicted octanol–water partition coefficient (Wildman–Crippen LogP) is 4.51. The number of aromatic nitrogens is 2. The molecule has 0 bridgehead atoms.